The number of ether oxygens (including phenoxy) is 1. The van der Waals surface area contributed by atoms with Crippen molar-refractivity contribution in [2.24, 2.45) is 5.73 Å². The average Bonchev–Trinajstić information content (AvgIpc) is 2.96. The highest BCUT2D eigenvalue weighted by Crippen LogP contribution is 2.38. The van der Waals surface area contributed by atoms with Gasteiger partial charge in [-0.2, -0.15) is 0 Å². The highest BCUT2D eigenvalue weighted by Gasteiger charge is 2.27. The monoisotopic (exact) mass is 316 g/mol. The zero-order valence-electron chi connectivity index (χ0n) is 12.9. The minimum Gasteiger partial charge on any atom is -0.488 e. The van der Waals surface area contributed by atoms with Crippen LogP contribution in [0.5, 0.6) is 5.75 Å². The number of rotatable bonds is 3. The summed E-state index contributed by atoms with van der Waals surface area (Å²) in [7, 11) is 3.26. The van der Waals surface area contributed by atoms with Gasteiger partial charge in [0.15, 0.2) is 0 Å². The molecule has 23 heavy (non-hydrogen) atoms. The highest BCUT2D eigenvalue weighted by molar-refractivity contribution is 5.92. The van der Waals surface area contributed by atoms with Crippen molar-refractivity contribution >= 4 is 5.91 Å². The van der Waals surface area contributed by atoms with E-state index in [2.05, 4.69) is 9.97 Å². The Kier molecular flexibility index (Phi) is 3.96. The van der Waals surface area contributed by atoms with E-state index in [1.54, 1.807) is 14.1 Å². The molecular weight excluding hydrogens is 299 g/mol. The summed E-state index contributed by atoms with van der Waals surface area (Å²) in [5.41, 5.74) is 7.46. The zero-order chi connectivity index (χ0) is 16.6. The molecule has 1 amide bonds. The Labute approximate surface area is 133 Å². The van der Waals surface area contributed by atoms with Gasteiger partial charge in [-0.15, -0.1) is 0 Å². The normalized spacial score (nSPS) is 15.9. The predicted molar refractivity (Wildman–Crippen MR) is 82.6 cm³/mol. The fourth-order valence-electron chi connectivity index (χ4n) is 2.54. The SMILES string of the molecule is CN(C)C(=O)c1cncc(-c2cc(F)cc3c2OC(CN)C3)n1. The van der Waals surface area contributed by atoms with Crippen molar-refractivity contribution in [2.45, 2.75) is 12.5 Å². The van der Waals surface area contributed by atoms with Crippen LogP contribution in [-0.4, -0.2) is 47.5 Å². The Bertz CT molecular complexity index is 764. The van der Waals surface area contributed by atoms with Gasteiger partial charge in [0.1, 0.15) is 23.4 Å². The van der Waals surface area contributed by atoms with E-state index < -0.39 is 0 Å². The smallest absolute Gasteiger partial charge is 0.273 e. The number of carbonyl (C=O) groups is 1. The molecule has 7 heteroatoms. The van der Waals surface area contributed by atoms with Gasteiger partial charge in [-0.25, -0.2) is 9.37 Å². The summed E-state index contributed by atoms with van der Waals surface area (Å²) < 4.78 is 19.7. The van der Waals surface area contributed by atoms with Crippen molar-refractivity contribution < 1.29 is 13.9 Å². The summed E-state index contributed by atoms with van der Waals surface area (Å²) in [5.74, 6) is -0.0927. The van der Waals surface area contributed by atoms with Crippen molar-refractivity contribution in [1.29, 1.82) is 0 Å². The molecule has 0 bridgehead atoms. The maximum Gasteiger partial charge on any atom is 0.273 e. The molecule has 2 N–H and O–H groups in total. The predicted octanol–water partition coefficient (Wildman–Crippen LogP) is 1.25. The Hall–Kier alpha value is -2.54. The Morgan fingerprint density at radius 1 is 1.43 bits per heavy atom. The number of nitrogens with zero attached hydrogens (tertiary/aromatic N) is 3. The number of aromatic nitrogens is 2. The van der Waals surface area contributed by atoms with Gasteiger partial charge in [0.05, 0.1) is 18.1 Å². The van der Waals surface area contributed by atoms with Crippen LogP contribution in [0, 0.1) is 5.82 Å². The van der Waals surface area contributed by atoms with E-state index in [4.69, 9.17) is 10.5 Å². The fourth-order valence-corrected chi connectivity index (χ4v) is 2.54. The van der Waals surface area contributed by atoms with Gasteiger partial charge in [0.2, 0.25) is 0 Å². The molecule has 0 saturated heterocycles. The van der Waals surface area contributed by atoms with Crippen LogP contribution in [0.25, 0.3) is 11.3 Å². The van der Waals surface area contributed by atoms with Crippen LogP contribution in [0.2, 0.25) is 0 Å². The molecule has 120 valence electrons. The number of nitrogens with two attached hydrogens (primary N) is 1. The Balaban J connectivity index is 2.07. The molecule has 1 aromatic carbocycles. The second-order valence-electron chi connectivity index (χ2n) is 5.61. The molecule has 2 aromatic rings. The second-order valence-corrected chi connectivity index (χ2v) is 5.61. The lowest BCUT2D eigenvalue weighted by molar-refractivity contribution is 0.0821. The molecule has 0 radical (unpaired) electrons. The lowest BCUT2D eigenvalue weighted by Crippen LogP contribution is -2.24. The molecule has 1 aromatic heterocycles. The molecule has 1 aliphatic rings. The first-order valence-corrected chi connectivity index (χ1v) is 7.22. The molecule has 0 aliphatic carbocycles. The lowest BCUT2D eigenvalue weighted by atomic mass is 10.0. The van der Waals surface area contributed by atoms with Crippen molar-refractivity contribution in [2.75, 3.05) is 20.6 Å². The van der Waals surface area contributed by atoms with Crippen LogP contribution in [0.3, 0.4) is 0 Å². The molecule has 0 spiro atoms. The minimum atomic E-state index is -0.383. The maximum atomic E-state index is 13.9. The van der Waals surface area contributed by atoms with Crippen LogP contribution in [0.1, 0.15) is 16.1 Å². The van der Waals surface area contributed by atoms with E-state index in [0.717, 1.165) is 5.56 Å². The molecule has 1 atom stereocenters. The van der Waals surface area contributed by atoms with Crippen LogP contribution in [-0.2, 0) is 6.42 Å². The van der Waals surface area contributed by atoms with E-state index in [-0.39, 0.29) is 23.5 Å². The molecule has 0 fully saturated rings. The summed E-state index contributed by atoms with van der Waals surface area (Å²) in [6.07, 6.45) is 3.25. The van der Waals surface area contributed by atoms with Gasteiger partial charge in [-0.05, 0) is 12.1 Å². The van der Waals surface area contributed by atoms with Gasteiger partial charge in [0.25, 0.3) is 5.91 Å². The third kappa shape index (κ3) is 2.87. The number of amides is 1. The Morgan fingerprint density at radius 2 is 2.22 bits per heavy atom. The van der Waals surface area contributed by atoms with Crippen molar-refractivity contribution in [3.05, 3.63) is 41.6 Å². The number of benzene rings is 1. The summed E-state index contributed by atoms with van der Waals surface area (Å²) >= 11 is 0. The van der Waals surface area contributed by atoms with E-state index in [1.807, 2.05) is 0 Å². The first-order chi connectivity index (χ1) is 11.0. The van der Waals surface area contributed by atoms with Gasteiger partial charge in [-0.3, -0.25) is 9.78 Å². The van der Waals surface area contributed by atoms with E-state index >= 15 is 0 Å². The minimum absolute atomic E-state index is 0.176. The van der Waals surface area contributed by atoms with Gasteiger partial charge in [0, 0.05) is 38.2 Å². The van der Waals surface area contributed by atoms with Crippen LogP contribution in [0.15, 0.2) is 24.5 Å². The Morgan fingerprint density at radius 3 is 2.91 bits per heavy atom. The third-order valence-corrected chi connectivity index (χ3v) is 3.66. The number of halogens is 1. The largest absolute Gasteiger partial charge is 0.488 e. The van der Waals surface area contributed by atoms with Crippen LogP contribution < -0.4 is 10.5 Å². The lowest BCUT2D eigenvalue weighted by Gasteiger charge is -2.12. The quantitative estimate of drug-likeness (QED) is 0.921. The topological polar surface area (TPSA) is 81.3 Å². The molecule has 1 aliphatic heterocycles. The molecular formula is C16H17FN4O2. The molecule has 6 nitrogen and oxygen atoms in total. The fraction of sp³-hybridized carbons (Fsp3) is 0.312. The molecule has 1 unspecified atom stereocenters. The van der Waals surface area contributed by atoms with E-state index in [1.165, 1.54) is 29.4 Å². The molecule has 0 saturated carbocycles. The van der Waals surface area contributed by atoms with Crippen molar-refractivity contribution in [1.82, 2.24) is 14.9 Å². The van der Waals surface area contributed by atoms with Gasteiger partial charge < -0.3 is 15.4 Å². The zero-order valence-corrected chi connectivity index (χ0v) is 12.9. The molecule has 2 heterocycles. The van der Waals surface area contributed by atoms with Crippen molar-refractivity contribution in [3.8, 4) is 17.0 Å². The number of carbonyl (C=O) groups excluding carboxylic acids is 1. The van der Waals surface area contributed by atoms with Gasteiger partial charge in [-0.1, -0.05) is 0 Å². The maximum absolute atomic E-state index is 13.9. The van der Waals surface area contributed by atoms with Crippen LogP contribution >= 0.6 is 0 Å². The second kappa shape index (κ2) is 5.92. The standard InChI is InChI=1S/C16H17FN4O2/c1-21(2)16(22)14-8-19-7-13(20-14)12-5-10(17)3-9-4-11(6-18)23-15(9)12/h3,5,7-8,11H,4,6,18H2,1-2H3. The summed E-state index contributed by atoms with van der Waals surface area (Å²) in [5, 5.41) is 0. The number of hydrogen-bond acceptors (Lipinski definition) is 5. The first-order valence-electron chi connectivity index (χ1n) is 7.22. The summed E-state index contributed by atoms with van der Waals surface area (Å²) in [4.78, 5) is 21.8. The van der Waals surface area contributed by atoms with Crippen LogP contribution in [0.4, 0.5) is 4.39 Å². The average molecular weight is 316 g/mol. The number of hydrogen-bond donors (Lipinski definition) is 1. The van der Waals surface area contributed by atoms with Crippen molar-refractivity contribution in [3.63, 3.8) is 0 Å². The van der Waals surface area contributed by atoms with E-state index in [9.17, 15) is 9.18 Å². The first kappa shape index (κ1) is 15.4. The van der Waals surface area contributed by atoms with E-state index in [0.29, 0.717) is 30.0 Å². The van der Waals surface area contributed by atoms with Gasteiger partial charge >= 0.3 is 0 Å². The summed E-state index contributed by atoms with van der Waals surface area (Å²) in [6, 6.07) is 2.78. The molecule has 3 rings (SSSR count). The summed E-state index contributed by atoms with van der Waals surface area (Å²) in [6.45, 7) is 0.348. The third-order valence-electron chi connectivity index (χ3n) is 3.66. The number of fused-ring (bicyclic) bond motifs is 1. The highest BCUT2D eigenvalue weighted by atomic mass is 19.1.